The number of nitrogens with zero attached hydrogens (tertiary/aromatic N) is 2. The van der Waals surface area contributed by atoms with Crippen LogP contribution in [0.1, 0.15) is 57.4 Å². The van der Waals surface area contributed by atoms with Crippen LogP contribution >= 0.6 is 11.3 Å². The van der Waals surface area contributed by atoms with Gasteiger partial charge < -0.3 is 9.47 Å². The molecule has 0 aliphatic carbocycles. The quantitative estimate of drug-likeness (QED) is 0.271. The first-order valence-corrected chi connectivity index (χ1v) is 13.0. The molecule has 0 saturated carbocycles. The smallest absolute Gasteiger partial charge is 0.338 e. The van der Waals surface area contributed by atoms with Crippen LogP contribution in [0, 0.1) is 0 Å². The van der Waals surface area contributed by atoms with Crippen LogP contribution in [-0.2, 0) is 19.7 Å². The molecule has 196 valence electrons. The van der Waals surface area contributed by atoms with Gasteiger partial charge in [-0.3, -0.25) is 14.2 Å². The van der Waals surface area contributed by atoms with Gasteiger partial charge >= 0.3 is 11.9 Å². The van der Waals surface area contributed by atoms with Crippen molar-refractivity contribution in [3.8, 4) is 5.75 Å². The molecule has 1 aromatic heterocycles. The third-order valence-electron chi connectivity index (χ3n) is 6.11. The molecule has 0 amide bonds. The van der Waals surface area contributed by atoms with Gasteiger partial charge in [0.15, 0.2) is 4.80 Å². The number of carbonyl (C=O) groups excluding carboxylic acids is 2. The van der Waals surface area contributed by atoms with E-state index in [4.69, 9.17) is 9.47 Å². The highest BCUT2D eigenvalue weighted by Crippen LogP contribution is 2.31. The second-order valence-corrected chi connectivity index (χ2v) is 11.0. The van der Waals surface area contributed by atoms with Crippen LogP contribution in [0.3, 0.4) is 0 Å². The molecule has 1 aliphatic rings. The molecule has 4 rings (SSSR count). The predicted molar refractivity (Wildman–Crippen MR) is 148 cm³/mol. The molecule has 0 N–H and O–H groups in total. The van der Waals surface area contributed by atoms with Crippen LogP contribution in [0.25, 0.3) is 6.08 Å². The molecule has 8 heteroatoms. The van der Waals surface area contributed by atoms with Gasteiger partial charge in [0.25, 0.3) is 5.56 Å². The van der Waals surface area contributed by atoms with Crippen molar-refractivity contribution in [3.05, 3.63) is 109 Å². The molecule has 3 aromatic rings. The first-order valence-electron chi connectivity index (χ1n) is 12.2. The zero-order chi connectivity index (χ0) is 27.6. The summed E-state index contributed by atoms with van der Waals surface area (Å²) in [5.74, 6) is -0.651. The number of benzene rings is 2. The van der Waals surface area contributed by atoms with Gasteiger partial charge in [-0.2, -0.15) is 0 Å². The van der Waals surface area contributed by atoms with Gasteiger partial charge in [-0.1, -0.05) is 81.2 Å². The van der Waals surface area contributed by atoms with Gasteiger partial charge in [0, 0.05) is 6.92 Å². The normalized spacial score (nSPS) is 15.5. The van der Waals surface area contributed by atoms with E-state index in [1.54, 1.807) is 31.2 Å². The maximum atomic E-state index is 13.8. The van der Waals surface area contributed by atoms with Crippen LogP contribution in [0.4, 0.5) is 0 Å². The summed E-state index contributed by atoms with van der Waals surface area (Å²) in [6, 6.07) is 14.1. The van der Waals surface area contributed by atoms with E-state index in [9.17, 15) is 14.4 Å². The van der Waals surface area contributed by atoms with Gasteiger partial charge in [-0.15, -0.1) is 0 Å². The first kappa shape index (κ1) is 27.0. The summed E-state index contributed by atoms with van der Waals surface area (Å²) in [5, 5.41) is 0. The topological polar surface area (TPSA) is 87.0 Å². The molecule has 0 spiro atoms. The summed E-state index contributed by atoms with van der Waals surface area (Å²) >= 11 is 1.27. The maximum absolute atomic E-state index is 13.8. The van der Waals surface area contributed by atoms with Crippen molar-refractivity contribution in [1.29, 1.82) is 0 Å². The number of fused-ring (bicyclic) bond motifs is 1. The van der Waals surface area contributed by atoms with Crippen LogP contribution < -0.4 is 19.6 Å². The number of esters is 2. The molecule has 38 heavy (non-hydrogen) atoms. The molecule has 1 aliphatic heterocycles. The Morgan fingerprint density at radius 2 is 1.76 bits per heavy atom. The summed E-state index contributed by atoms with van der Waals surface area (Å²) in [7, 11) is 0. The molecule has 7 nitrogen and oxygen atoms in total. The van der Waals surface area contributed by atoms with Crippen molar-refractivity contribution < 1.29 is 19.1 Å². The summed E-state index contributed by atoms with van der Waals surface area (Å²) < 4.78 is 12.5. The van der Waals surface area contributed by atoms with Crippen LogP contribution in [0.2, 0.25) is 0 Å². The van der Waals surface area contributed by atoms with E-state index >= 15 is 0 Å². The van der Waals surface area contributed by atoms with Gasteiger partial charge in [0.1, 0.15) is 12.4 Å². The Morgan fingerprint density at radius 1 is 1.11 bits per heavy atom. The Bertz CT molecular complexity index is 1600. The minimum absolute atomic E-state index is 0.0248. The van der Waals surface area contributed by atoms with E-state index in [0.717, 1.165) is 5.56 Å². The van der Waals surface area contributed by atoms with Gasteiger partial charge in [-0.05, 0) is 47.2 Å². The highest BCUT2D eigenvalue weighted by molar-refractivity contribution is 7.07. The van der Waals surface area contributed by atoms with Gasteiger partial charge in [-0.25, -0.2) is 9.79 Å². The Balaban J connectivity index is 1.85. The predicted octanol–water partition coefficient (Wildman–Crippen LogP) is 4.19. The van der Waals surface area contributed by atoms with E-state index in [-0.39, 0.29) is 23.2 Å². The van der Waals surface area contributed by atoms with E-state index in [0.29, 0.717) is 26.3 Å². The second kappa shape index (κ2) is 10.8. The molecule has 0 fully saturated rings. The summed E-state index contributed by atoms with van der Waals surface area (Å²) in [5.41, 5.74) is 3.25. The van der Waals surface area contributed by atoms with Crippen LogP contribution in [-0.4, -0.2) is 23.1 Å². The van der Waals surface area contributed by atoms with Crippen LogP contribution in [0.5, 0.6) is 5.75 Å². The van der Waals surface area contributed by atoms with Crippen molar-refractivity contribution >= 4 is 29.4 Å². The lowest BCUT2D eigenvalue weighted by molar-refractivity contribution is -0.138. The maximum Gasteiger partial charge on any atom is 0.338 e. The van der Waals surface area contributed by atoms with Crippen molar-refractivity contribution in [2.45, 2.75) is 46.1 Å². The molecule has 1 atom stereocenters. The zero-order valence-electron chi connectivity index (χ0n) is 22.1. The minimum atomic E-state index is -0.764. The number of ether oxygens (including phenoxy) is 2. The first-order chi connectivity index (χ1) is 18.0. The number of carbonyl (C=O) groups is 2. The number of allylic oxidation sites excluding steroid dienone is 1. The fraction of sp³-hybridized carbons (Fsp3) is 0.267. The average molecular weight is 531 g/mol. The molecular formula is C30H30N2O5S. The molecule has 0 bridgehead atoms. The monoisotopic (exact) mass is 530 g/mol. The molecular weight excluding hydrogens is 500 g/mol. The Kier molecular flexibility index (Phi) is 7.64. The molecule has 0 saturated heterocycles. The third kappa shape index (κ3) is 5.60. The van der Waals surface area contributed by atoms with Crippen LogP contribution in [0.15, 0.2) is 82.2 Å². The number of hydrogen-bond donors (Lipinski definition) is 0. The Labute approximate surface area is 225 Å². The summed E-state index contributed by atoms with van der Waals surface area (Å²) in [6.07, 6.45) is 3.32. The largest absolute Gasteiger partial charge is 0.458 e. The van der Waals surface area contributed by atoms with Gasteiger partial charge in [0.05, 0.1) is 21.8 Å². The number of hydrogen-bond acceptors (Lipinski definition) is 7. The standard InChI is InChI=1S/C30H30N2O5S/c1-7-16-36-28(35)25-18(2)31-29-32(26(25)21-10-14-23(15-11-21)37-19(3)33)27(34)24(38-29)17-20-8-12-22(13-9-20)30(4,5)6/h7-15,17,26H,1,16H2,2-6H3/b24-17-/t26-/m0/s1. The Hall–Kier alpha value is -4.04. The highest BCUT2D eigenvalue weighted by Gasteiger charge is 2.33. The molecule has 2 aromatic carbocycles. The molecule has 0 unspecified atom stereocenters. The summed E-state index contributed by atoms with van der Waals surface area (Å²) in [6.45, 7) is 13.1. The van der Waals surface area contributed by atoms with E-state index in [1.165, 1.54) is 34.5 Å². The minimum Gasteiger partial charge on any atom is -0.458 e. The van der Waals surface area contributed by atoms with Crippen molar-refractivity contribution in [2.24, 2.45) is 4.99 Å². The lowest BCUT2D eigenvalue weighted by atomic mass is 9.87. The van der Waals surface area contributed by atoms with E-state index in [1.807, 2.05) is 18.2 Å². The number of thiazole rings is 1. The number of rotatable bonds is 6. The second-order valence-electron chi connectivity index (χ2n) is 10.0. The molecule has 0 radical (unpaired) electrons. The van der Waals surface area contributed by atoms with Crippen molar-refractivity contribution in [1.82, 2.24) is 4.57 Å². The van der Waals surface area contributed by atoms with Crippen molar-refractivity contribution in [3.63, 3.8) is 0 Å². The lowest BCUT2D eigenvalue weighted by Gasteiger charge is -2.24. The van der Waals surface area contributed by atoms with Crippen molar-refractivity contribution in [2.75, 3.05) is 6.61 Å². The van der Waals surface area contributed by atoms with E-state index < -0.39 is 18.0 Å². The van der Waals surface area contributed by atoms with Gasteiger partial charge in [0.2, 0.25) is 0 Å². The fourth-order valence-corrected chi connectivity index (χ4v) is 5.27. The Morgan fingerprint density at radius 3 is 2.34 bits per heavy atom. The number of aromatic nitrogens is 1. The SMILES string of the molecule is C=CCOC(=O)C1=C(C)N=c2s/c(=C\c3ccc(C(C)(C)C)cc3)c(=O)n2[C@H]1c1ccc(OC(C)=O)cc1. The zero-order valence-corrected chi connectivity index (χ0v) is 22.9. The third-order valence-corrected chi connectivity index (χ3v) is 7.09. The fourth-order valence-electron chi connectivity index (χ4n) is 4.23. The lowest BCUT2D eigenvalue weighted by Crippen LogP contribution is -2.39. The summed E-state index contributed by atoms with van der Waals surface area (Å²) in [4.78, 5) is 43.3. The highest BCUT2D eigenvalue weighted by atomic mass is 32.1. The average Bonchev–Trinajstić information content (AvgIpc) is 3.16. The molecule has 2 heterocycles. The van der Waals surface area contributed by atoms with E-state index in [2.05, 4.69) is 44.5 Å².